The summed E-state index contributed by atoms with van der Waals surface area (Å²) < 4.78 is 0. The van der Waals surface area contributed by atoms with Crippen molar-refractivity contribution in [2.24, 2.45) is 5.92 Å². The summed E-state index contributed by atoms with van der Waals surface area (Å²) in [6.07, 6.45) is 7.86. The van der Waals surface area contributed by atoms with E-state index in [1.54, 1.807) is 0 Å². The second-order valence-electron chi connectivity index (χ2n) is 5.87. The molecule has 17 heavy (non-hydrogen) atoms. The fourth-order valence-electron chi connectivity index (χ4n) is 2.56. The molecule has 0 bridgehead atoms. The van der Waals surface area contributed by atoms with E-state index in [9.17, 15) is 0 Å². The predicted molar refractivity (Wildman–Crippen MR) is 79.3 cm³/mol. The lowest BCUT2D eigenvalue weighted by molar-refractivity contribution is 0.318. The molecule has 1 N–H and O–H groups in total. The topological polar surface area (TPSA) is 15.3 Å². The first-order valence-electron chi connectivity index (χ1n) is 7.04. The SMILES string of the molecule is CC(C)CC(C)N(C)C(=S)NC1CCCCC1. The Kier molecular flexibility index (Phi) is 6.24. The predicted octanol–water partition coefficient (Wildman–Crippen LogP) is 3.56. The first-order chi connectivity index (χ1) is 8.00. The van der Waals surface area contributed by atoms with E-state index in [0.717, 1.165) is 11.0 Å². The zero-order valence-electron chi connectivity index (χ0n) is 11.8. The van der Waals surface area contributed by atoms with Gasteiger partial charge in [-0.3, -0.25) is 0 Å². The van der Waals surface area contributed by atoms with Crippen LogP contribution in [-0.2, 0) is 0 Å². The van der Waals surface area contributed by atoms with Crippen molar-refractivity contribution < 1.29 is 0 Å². The lowest BCUT2D eigenvalue weighted by atomic mass is 9.96. The number of nitrogens with zero attached hydrogens (tertiary/aromatic N) is 1. The fraction of sp³-hybridized carbons (Fsp3) is 0.929. The molecule has 1 fully saturated rings. The lowest BCUT2D eigenvalue weighted by Gasteiger charge is -2.32. The normalized spacial score (nSPS) is 19.1. The smallest absolute Gasteiger partial charge is 0.169 e. The molecular formula is C14H28N2S. The molecule has 0 aromatic carbocycles. The average Bonchev–Trinajstić information content (AvgIpc) is 2.28. The summed E-state index contributed by atoms with van der Waals surface area (Å²) in [5.74, 6) is 0.727. The third-order valence-corrected chi connectivity index (χ3v) is 4.13. The monoisotopic (exact) mass is 256 g/mol. The van der Waals surface area contributed by atoms with Crippen LogP contribution in [0.15, 0.2) is 0 Å². The standard InChI is InChI=1S/C14H28N2S/c1-11(2)10-12(3)16(4)14(17)15-13-8-6-5-7-9-13/h11-13H,5-10H2,1-4H3,(H,15,17). The molecule has 1 aliphatic rings. The number of nitrogens with one attached hydrogen (secondary N) is 1. The van der Waals surface area contributed by atoms with Crippen molar-refractivity contribution in [3.63, 3.8) is 0 Å². The van der Waals surface area contributed by atoms with Gasteiger partial charge in [0, 0.05) is 19.1 Å². The Morgan fingerprint density at radius 1 is 1.24 bits per heavy atom. The lowest BCUT2D eigenvalue weighted by Crippen LogP contribution is -2.47. The van der Waals surface area contributed by atoms with E-state index >= 15 is 0 Å². The van der Waals surface area contributed by atoms with Gasteiger partial charge >= 0.3 is 0 Å². The highest BCUT2D eigenvalue weighted by molar-refractivity contribution is 7.80. The van der Waals surface area contributed by atoms with Crippen LogP contribution in [0.2, 0.25) is 0 Å². The van der Waals surface area contributed by atoms with E-state index in [1.807, 2.05) is 0 Å². The highest BCUT2D eigenvalue weighted by Gasteiger charge is 2.18. The summed E-state index contributed by atoms with van der Waals surface area (Å²) in [4.78, 5) is 2.23. The molecule has 1 saturated carbocycles. The van der Waals surface area contributed by atoms with E-state index in [0.29, 0.717) is 12.1 Å². The summed E-state index contributed by atoms with van der Waals surface area (Å²) in [6.45, 7) is 6.79. The minimum Gasteiger partial charge on any atom is -0.360 e. The molecule has 0 aromatic rings. The van der Waals surface area contributed by atoms with E-state index in [4.69, 9.17) is 12.2 Å². The molecule has 2 nitrogen and oxygen atoms in total. The van der Waals surface area contributed by atoms with Gasteiger partial charge in [-0.25, -0.2) is 0 Å². The maximum atomic E-state index is 5.50. The van der Waals surface area contributed by atoms with Crippen molar-refractivity contribution in [2.45, 2.75) is 71.4 Å². The second kappa shape index (κ2) is 7.20. The summed E-state index contributed by atoms with van der Waals surface area (Å²) in [7, 11) is 2.12. The average molecular weight is 256 g/mol. The molecule has 1 atom stereocenters. The first kappa shape index (κ1) is 14.7. The highest BCUT2D eigenvalue weighted by Crippen LogP contribution is 2.18. The van der Waals surface area contributed by atoms with Gasteiger partial charge in [0.25, 0.3) is 0 Å². The van der Waals surface area contributed by atoms with Crippen LogP contribution in [-0.4, -0.2) is 29.1 Å². The van der Waals surface area contributed by atoms with E-state index in [1.165, 1.54) is 38.5 Å². The summed E-state index contributed by atoms with van der Waals surface area (Å²) in [5, 5.41) is 4.47. The molecule has 1 rings (SSSR count). The number of thiocarbonyl (C=S) groups is 1. The van der Waals surface area contributed by atoms with Gasteiger partial charge in [-0.15, -0.1) is 0 Å². The summed E-state index contributed by atoms with van der Waals surface area (Å²) in [5.41, 5.74) is 0. The van der Waals surface area contributed by atoms with Gasteiger partial charge in [0.05, 0.1) is 0 Å². The number of rotatable bonds is 4. The van der Waals surface area contributed by atoms with Crippen LogP contribution in [0.5, 0.6) is 0 Å². The van der Waals surface area contributed by atoms with E-state index in [2.05, 4.69) is 38.0 Å². The zero-order valence-corrected chi connectivity index (χ0v) is 12.6. The van der Waals surface area contributed by atoms with Crippen molar-refractivity contribution in [1.29, 1.82) is 0 Å². The molecule has 0 saturated heterocycles. The summed E-state index contributed by atoms with van der Waals surface area (Å²) in [6, 6.07) is 1.14. The third-order valence-electron chi connectivity index (χ3n) is 3.73. The van der Waals surface area contributed by atoms with Crippen molar-refractivity contribution in [2.75, 3.05) is 7.05 Å². The molecule has 0 amide bonds. The Morgan fingerprint density at radius 3 is 2.35 bits per heavy atom. The number of hydrogen-bond acceptors (Lipinski definition) is 1. The van der Waals surface area contributed by atoms with Crippen LogP contribution >= 0.6 is 12.2 Å². The van der Waals surface area contributed by atoms with Crippen LogP contribution in [0.25, 0.3) is 0 Å². The van der Waals surface area contributed by atoms with Crippen LogP contribution in [0.4, 0.5) is 0 Å². The maximum Gasteiger partial charge on any atom is 0.169 e. The Hall–Kier alpha value is -0.310. The Balaban J connectivity index is 2.34. The first-order valence-corrected chi connectivity index (χ1v) is 7.45. The quantitative estimate of drug-likeness (QED) is 0.774. The van der Waals surface area contributed by atoms with Crippen molar-refractivity contribution in [3.8, 4) is 0 Å². The molecule has 3 heteroatoms. The number of hydrogen-bond donors (Lipinski definition) is 1. The van der Waals surface area contributed by atoms with Crippen LogP contribution < -0.4 is 5.32 Å². The molecule has 0 radical (unpaired) electrons. The van der Waals surface area contributed by atoms with Crippen molar-refractivity contribution >= 4 is 17.3 Å². The zero-order chi connectivity index (χ0) is 12.8. The van der Waals surface area contributed by atoms with Gasteiger partial charge in [-0.1, -0.05) is 33.1 Å². The third kappa shape index (κ3) is 5.24. The summed E-state index contributed by atoms with van der Waals surface area (Å²) >= 11 is 5.50. The molecular weight excluding hydrogens is 228 g/mol. The molecule has 1 unspecified atom stereocenters. The van der Waals surface area contributed by atoms with Gasteiger partial charge in [0.2, 0.25) is 0 Å². The highest BCUT2D eigenvalue weighted by atomic mass is 32.1. The maximum absolute atomic E-state index is 5.50. The Labute approximate surface area is 112 Å². The van der Waals surface area contributed by atoms with Gasteiger partial charge in [0.1, 0.15) is 0 Å². The minimum atomic E-state index is 0.526. The Morgan fingerprint density at radius 2 is 1.82 bits per heavy atom. The molecule has 0 spiro atoms. The minimum absolute atomic E-state index is 0.526. The molecule has 1 aliphatic carbocycles. The largest absolute Gasteiger partial charge is 0.360 e. The van der Waals surface area contributed by atoms with Gasteiger partial charge in [-0.2, -0.15) is 0 Å². The molecule has 0 heterocycles. The van der Waals surface area contributed by atoms with Crippen LogP contribution in [0.3, 0.4) is 0 Å². The molecule has 0 aromatic heterocycles. The van der Waals surface area contributed by atoms with Gasteiger partial charge in [0.15, 0.2) is 5.11 Å². The molecule has 100 valence electrons. The van der Waals surface area contributed by atoms with Crippen molar-refractivity contribution in [3.05, 3.63) is 0 Å². The van der Waals surface area contributed by atoms with E-state index < -0.39 is 0 Å². The Bertz CT molecular complexity index is 234. The fourth-order valence-corrected chi connectivity index (χ4v) is 2.91. The molecule has 0 aliphatic heterocycles. The van der Waals surface area contributed by atoms with Crippen LogP contribution in [0.1, 0.15) is 59.3 Å². The van der Waals surface area contributed by atoms with Gasteiger partial charge in [-0.05, 0) is 44.3 Å². The van der Waals surface area contributed by atoms with Crippen LogP contribution in [0, 0.1) is 5.92 Å². The van der Waals surface area contributed by atoms with Crippen molar-refractivity contribution in [1.82, 2.24) is 10.2 Å². The van der Waals surface area contributed by atoms with E-state index in [-0.39, 0.29) is 0 Å². The van der Waals surface area contributed by atoms with Gasteiger partial charge < -0.3 is 10.2 Å². The second-order valence-corrected chi connectivity index (χ2v) is 6.26.